The second-order valence-corrected chi connectivity index (χ2v) is 4.93. The lowest BCUT2D eigenvalue weighted by atomic mass is 10.3. The number of nitrogens with zero attached hydrogens (tertiary/aromatic N) is 2. The molecule has 0 spiro atoms. The van der Waals surface area contributed by atoms with Crippen molar-refractivity contribution in [3.63, 3.8) is 0 Å². The third-order valence-electron chi connectivity index (χ3n) is 2.49. The van der Waals surface area contributed by atoms with Crippen molar-refractivity contribution >= 4 is 44.6 Å². The van der Waals surface area contributed by atoms with Gasteiger partial charge in [-0.3, -0.25) is 0 Å². The van der Waals surface area contributed by atoms with Crippen LogP contribution in [0.25, 0.3) is 10.2 Å². The number of hydrogen-bond acceptors (Lipinski definition) is 4. The van der Waals surface area contributed by atoms with Crippen LogP contribution in [0.15, 0.2) is 23.2 Å². The van der Waals surface area contributed by atoms with E-state index in [4.69, 9.17) is 0 Å². The Hall–Kier alpha value is -1.09. The molecule has 1 aliphatic rings. The van der Waals surface area contributed by atoms with Gasteiger partial charge in [0.1, 0.15) is 0 Å². The topological polar surface area (TPSA) is 25.2 Å². The maximum Gasteiger partial charge on any atom is 0.0969 e. The third-order valence-corrected chi connectivity index (χ3v) is 3.78. The highest BCUT2D eigenvalue weighted by atomic mass is 32.1. The molecule has 1 saturated carbocycles. The van der Waals surface area contributed by atoms with E-state index in [1.807, 2.05) is 12.1 Å². The number of thiazole rings is 1. The second kappa shape index (κ2) is 3.49. The van der Waals surface area contributed by atoms with Gasteiger partial charge in [-0.25, -0.2) is 4.98 Å². The maximum atomic E-state index is 4.61. The highest BCUT2D eigenvalue weighted by Crippen LogP contribution is 2.43. The van der Waals surface area contributed by atoms with E-state index in [0.29, 0.717) is 0 Å². The molecule has 0 amide bonds. The Morgan fingerprint density at radius 2 is 2.33 bits per heavy atom. The number of isothiocyanates is 1. The van der Waals surface area contributed by atoms with E-state index in [0.717, 1.165) is 17.1 Å². The summed E-state index contributed by atoms with van der Waals surface area (Å²) < 4.78 is 1.24. The van der Waals surface area contributed by atoms with Crippen LogP contribution >= 0.6 is 23.6 Å². The van der Waals surface area contributed by atoms with Crippen molar-refractivity contribution in [2.75, 3.05) is 0 Å². The molecule has 1 aromatic carbocycles. The van der Waals surface area contributed by atoms with Crippen molar-refractivity contribution in [3.05, 3.63) is 23.2 Å². The van der Waals surface area contributed by atoms with Crippen LogP contribution in [-0.2, 0) is 0 Å². The molecule has 1 heterocycles. The summed E-state index contributed by atoms with van der Waals surface area (Å²) in [5, 5.41) is 3.65. The molecule has 0 saturated heterocycles. The monoisotopic (exact) mass is 232 g/mol. The first-order valence-corrected chi connectivity index (χ1v) is 6.07. The van der Waals surface area contributed by atoms with Gasteiger partial charge in [0.15, 0.2) is 0 Å². The Bertz CT molecular complexity index is 563. The van der Waals surface area contributed by atoms with Crippen LogP contribution in [0.4, 0.5) is 5.69 Å². The first-order valence-electron chi connectivity index (χ1n) is 4.85. The summed E-state index contributed by atoms with van der Waals surface area (Å²) in [4.78, 5) is 8.57. The van der Waals surface area contributed by atoms with E-state index in [9.17, 15) is 0 Å². The van der Waals surface area contributed by atoms with Crippen LogP contribution in [0.5, 0.6) is 0 Å². The fourth-order valence-electron chi connectivity index (χ4n) is 1.56. The summed E-state index contributed by atoms with van der Waals surface area (Å²) in [6.07, 6.45) is 2.59. The molecule has 0 unspecified atom stereocenters. The summed E-state index contributed by atoms with van der Waals surface area (Å²) in [7, 11) is 0. The number of rotatable bonds is 2. The summed E-state index contributed by atoms with van der Waals surface area (Å²) in [6, 6.07) is 5.98. The Morgan fingerprint density at radius 1 is 1.47 bits per heavy atom. The number of fused-ring (bicyclic) bond motifs is 1. The molecule has 15 heavy (non-hydrogen) atoms. The SMILES string of the molecule is S=C=Nc1ccc2sc(C3CC3)nc2c1. The molecule has 3 rings (SSSR count). The van der Waals surface area contributed by atoms with E-state index in [1.54, 1.807) is 11.3 Å². The van der Waals surface area contributed by atoms with Crippen molar-refractivity contribution in [2.45, 2.75) is 18.8 Å². The Balaban J connectivity index is 2.13. The molecule has 0 radical (unpaired) electrons. The number of aliphatic imine (C=N–C) groups is 1. The zero-order valence-corrected chi connectivity index (χ0v) is 9.57. The van der Waals surface area contributed by atoms with Crippen LogP contribution in [0.2, 0.25) is 0 Å². The minimum absolute atomic E-state index is 0.722. The first kappa shape index (κ1) is 9.16. The van der Waals surface area contributed by atoms with Crippen molar-refractivity contribution in [1.82, 2.24) is 4.98 Å². The van der Waals surface area contributed by atoms with E-state index in [1.165, 1.54) is 22.5 Å². The van der Waals surface area contributed by atoms with Gasteiger partial charge >= 0.3 is 0 Å². The molecule has 1 fully saturated rings. The van der Waals surface area contributed by atoms with Gasteiger partial charge in [0.25, 0.3) is 0 Å². The summed E-state index contributed by atoms with van der Waals surface area (Å²) >= 11 is 6.37. The van der Waals surface area contributed by atoms with Gasteiger partial charge in [-0.15, -0.1) is 11.3 Å². The van der Waals surface area contributed by atoms with Crippen LogP contribution in [-0.4, -0.2) is 10.1 Å². The summed E-state index contributed by atoms with van der Waals surface area (Å²) in [5.41, 5.74) is 1.87. The largest absolute Gasteiger partial charge is 0.241 e. The first-order chi connectivity index (χ1) is 7.36. The Labute approximate surface area is 96.7 Å². The Morgan fingerprint density at radius 3 is 3.07 bits per heavy atom. The average molecular weight is 232 g/mol. The fraction of sp³-hybridized carbons (Fsp3) is 0.273. The smallest absolute Gasteiger partial charge is 0.0969 e. The van der Waals surface area contributed by atoms with E-state index in [2.05, 4.69) is 33.4 Å². The molecule has 0 N–H and O–H groups in total. The predicted molar refractivity (Wildman–Crippen MR) is 66.3 cm³/mol. The van der Waals surface area contributed by atoms with E-state index < -0.39 is 0 Å². The number of hydrogen-bond donors (Lipinski definition) is 0. The molecule has 74 valence electrons. The molecular weight excluding hydrogens is 224 g/mol. The molecule has 1 aromatic heterocycles. The van der Waals surface area contributed by atoms with Gasteiger partial charge < -0.3 is 0 Å². The molecule has 2 aromatic rings. The summed E-state index contributed by atoms with van der Waals surface area (Å²) in [6.45, 7) is 0. The highest BCUT2D eigenvalue weighted by Gasteiger charge is 2.26. The lowest BCUT2D eigenvalue weighted by molar-refractivity contribution is 1.10. The molecular formula is C11H8N2S2. The number of benzene rings is 1. The van der Waals surface area contributed by atoms with E-state index in [-0.39, 0.29) is 0 Å². The fourth-order valence-corrected chi connectivity index (χ4v) is 2.78. The van der Waals surface area contributed by atoms with Gasteiger partial charge in [-0.1, -0.05) is 0 Å². The van der Waals surface area contributed by atoms with Crippen LogP contribution < -0.4 is 0 Å². The molecule has 1 aliphatic carbocycles. The van der Waals surface area contributed by atoms with Crippen LogP contribution in [0.1, 0.15) is 23.8 Å². The molecule has 0 atom stereocenters. The Kier molecular flexibility index (Phi) is 2.13. The maximum absolute atomic E-state index is 4.61. The molecule has 0 aliphatic heterocycles. The minimum atomic E-state index is 0.722. The number of thiocarbonyl (C=S) groups is 1. The number of aromatic nitrogens is 1. The van der Waals surface area contributed by atoms with Gasteiger partial charge in [0.05, 0.1) is 26.1 Å². The van der Waals surface area contributed by atoms with Crippen molar-refractivity contribution < 1.29 is 0 Å². The minimum Gasteiger partial charge on any atom is -0.241 e. The van der Waals surface area contributed by atoms with Crippen LogP contribution in [0.3, 0.4) is 0 Å². The predicted octanol–water partition coefficient (Wildman–Crippen LogP) is 3.91. The highest BCUT2D eigenvalue weighted by molar-refractivity contribution is 7.78. The molecule has 2 nitrogen and oxygen atoms in total. The lowest BCUT2D eigenvalue weighted by Gasteiger charge is -1.89. The van der Waals surface area contributed by atoms with Crippen molar-refractivity contribution in [2.24, 2.45) is 4.99 Å². The zero-order chi connectivity index (χ0) is 10.3. The quantitative estimate of drug-likeness (QED) is 0.579. The molecule has 0 bridgehead atoms. The van der Waals surface area contributed by atoms with E-state index >= 15 is 0 Å². The second-order valence-electron chi connectivity index (χ2n) is 3.68. The standard InChI is InChI=1S/C11H8N2S2/c14-6-12-8-3-4-10-9(5-8)13-11(15-10)7-1-2-7/h3-5,7H,1-2H2. The average Bonchev–Trinajstić information content (AvgIpc) is 2.99. The van der Waals surface area contributed by atoms with Gasteiger partial charge in [0.2, 0.25) is 0 Å². The van der Waals surface area contributed by atoms with Crippen molar-refractivity contribution in [1.29, 1.82) is 0 Å². The molecule has 4 heteroatoms. The normalized spacial score (nSPS) is 15.2. The van der Waals surface area contributed by atoms with Gasteiger partial charge in [0, 0.05) is 5.92 Å². The van der Waals surface area contributed by atoms with Crippen LogP contribution in [0, 0.1) is 0 Å². The van der Waals surface area contributed by atoms with Gasteiger partial charge in [-0.2, -0.15) is 4.99 Å². The summed E-state index contributed by atoms with van der Waals surface area (Å²) in [5.74, 6) is 0.722. The third kappa shape index (κ3) is 1.72. The van der Waals surface area contributed by atoms with Gasteiger partial charge in [-0.05, 0) is 43.3 Å². The zero-order valence-electron chi connectivity index (χ0n) is 7.93. The lowest BCUT2D eigenvalue weighted by Crippen LogP contribution is -1.73. The van der Waals surface area contributed by atoms with Crippen molar-refractivity contribution in [3.8, 4) is 0 Å².